The van der Waals surface area contributed by atoms with Crippen molar-refractivity contribution < 1.29 is 9.69 Å². The molecule has 5 heteroatoms. The van der Waals surface area contributed by atoms with Crippen LogP contribution in [0.5, 0.6) is 0 Å². The zero-order valence-electron chi connectivity index (χ0n) is 13.1. The Bertz CT molecular complexity index is 739. The number of amides is 1. The van der Waals surface area contributed by atoms with Gasteiger partial charge in [-0.25, -0.2) is 0 Å². The first kappa shape index (κ1) is 17.0. The van der Waals surface area contributed by atoms with Gasteiger partial charge in [0.1, 0.15) is 12.6 Å². The first-order valence-electron chi connectivity index (χ1n) is 7.38. The van der Waals surface area contributed by atoms with Gasteiger partial charge in [-0.1, -0.05) is 35.9 Å². The lowest BCUT2D eigenvalue weighted by Crippen LogP contribution is -3.12. The summed E-state index contributed by atoms with van der Waals surface area (Å²) >= 11 is 5.99. The van der Waals surface area contributed by atoms with Crippen molar-refractivity contribution in [2.24, 2.45) is 0 Å². The number of anilines is 1. The molecule has 2 aromatic carbocycles. The van der Waals surface area contributed by atoms with Crippen LogP contribution in [0.25, 0.3) is 0 Å². The summed E-state index contributed by atoms with van der Waals surface area (Å²) in [6.45, 7) is 2.55. The molecule has 0 aliphatic carbocycles. The van der Waals surface area contributed by atoms with E-state index in [1.54, 1.807) is 24.3 Å². The number of benzene rings is 2. The molecular weight excluding hydrogens is 310 g/mol. The smallest absolute Gasteiger partial charge is 0.282 e. The molecule has 23 heavy (non-hydrogen) atoms. The molecule has 0 saturated heterocycles. The molecule has 0 spiro atoms. The third-order valence-electron chi connectivity index (χ3n) is 3.81. The quantitative estimate of drug-likeness (QED) is 0.884. The first-order chi connectivity index (χ1) is 11.0. The van der Waals surface area contributed by atoms with Crippen molar-refractivity contribution in [3.05, 3.63) is 64.7 Å². The molecule has 1 unspecified atom stereocenters. The number of hydrogen-bond acceptors (Lipinski definition) is 2. The van der Waals surface area contributed by atoms with Crippen LogP contribution < -0.4 is 10.2 Å². The Balaban J connectivity index is 2.03. The maximum atomic E-state index is 12.4. The predicted octanol–water partition coefficient (Wildman–Crippen LogP) is 2.25. The molecule has 0 aromatic heterocycles. The summed E-state index contributed by atoms with van der Waals surface area (Å²) in [5.41, 5.74) is 2.08. The lowest BCUT2D eigenvalue weighted by Gasteiger charge is -2.21. The molecule has 2 aromatic rings. The van der Waals surface area contributed by atoms with Gasteiger partial charge in [-0.3, -0.25) is 4.79 Å². The highest BCUT2D eigenvalue weighted by molar-refractivity contribution is 6.30. The minimum absolute atomic E-state index is 0.118. The number of carbonyl (C=O) groups is 1. The van der Waals surface area contributed by atoms with Gasteiger partial charge in [0.15, 0.2) is 6.04 Å². The van der Waals surface area contributed by atoms with Gasteiger partial charge in [0.05, 0.1) is 18.3 Å². The fourth-order valence-electron chi connectivity index (χ4n) is 2.28. The van der Waals surface area contributed by atoms with Gasteiger partial charge in [0.25, 0.3) is 5.91 Å². The highest BCUT2D eigenvalue weighted by Gasteiger charge is 2.22. The van der Waals surface area contributed by atoms with E-state index in [1.807, 2.05) is 38.2 Å². The highest BCUT2D eigenvalue weighted by Crippen LogP contribution is 2.13. The number of hydrogen-bond donors (Lipinski definition) is 2. The van der Waals surface area contributed by atoms with Crippen LogP contribution in [0.4, 0.5) is 5.69 Å². The number of nitriles is 1. The van der Waals surface area contributed by atoms with Crippen LogP contribution in [0.1, 0.15) is 18.1 Å². The molecule has 0 aliphatic rings. The maximum absolute atomic E-state index is 12.4. The summed E-state index contributed by atoms with van der Waals surface area (Å²) in [6, 6.07) is 16.4. The van der Waals surface area contributed by atoms with E-state index in [4.69, 9.17) is 16.9 Å². The number of nitrogens with one attached hydrogen (secondary N) is 2. The molecule has 4 nitrogen and oxygen atoms in total. The van der Waals surface area contributed by atoms with Crippen molar-refractivity contribution in [3.8, 4) is 6.07 Å². The van der Waals surface area contributed by atoms with Gasteiger partial charge in [0, 0.05) is 10.6 Å². The molecule has 1 amide bonds. The van der Waals surface area contributed by atoms with Crippen LogP contribution in [-0.4, -0.2) is 19.0 Å². The third-order valence-corrected chi connectivity index (χ3v) is 4.04. The van der Waals surface area contributed by atoms with Crippen LogP contribution in [-0.2, 0) is 11.3 Å². The Morgan fingerprint density at radius 3 is 2.74 bits per heavy atom. The average molecular weight is 329 g/mol. The van der Waals surface area contributed by atoms with Crippen molar-refractivity contribution in [2.75, 3.05) is 12.4 Å². The Morgan fingerprint density at radius 2 is 2.04 bits per heavy atom. The summed E-state index contributed by atoms with van der Waals surface area (Å²) in [6.07, 6.45) is 0. The van der Waals surface area contributed by atoms with Crippen LogP contribution >= 0.6 is 11.6 Å². The van der Waals surface area contributed by atoms with E-state index in [0.29, 0.717) is 22.8 Å². The van der Waals surface area contributed by atoms with Crippen molar-refractivity contribution in [3.63, 3.8) is 0 Å². The molecule has 118 valence electrons. The van der Waals surface area contributed by atoms with Crippen molar-refractivity contribution in [1.29, 1.82) is 5.26 Å². The number of halogens is 1. The lowest BCUT2D eigenvalue weighted by atomic mass is 10.1. The van der Waals surface area contributed by atoms with Gasteiger partial charge in [-0.05, 0) is 31.2 Å². The molecular formula is C18H19ClN3O+. The number of rotatable bonds is 5. The summed E-state index contributed by atoms with van der Waals surface area (Å²) in [7, 11) is 1.96. The van der Waals surface area contributed by atoms with Crippen molar-refractivity contribution >= 4 is 23.2 Å². The SMILES string of the molecule is C[C@H](C(=O)Nc1ccccc1C#N)[NH+](C)Cc1cccc(Cl)c1. The van der Waals surface area contributed by atoms with Crippen molar-refractivity contribution in [1.82, 2.24) is 0 Å². The van der Waals surface area contributed by atoms with Crippen molar-refractivity contribution in [2.45, 2.75) is 19.5 Å². The zero-order valence-corrected chi connectivity index (χ0v) is 13.9. The van der Waals surface area contributed by atoms with Crippen LogP contribution in [0.3, 0.4) is 0 Å². The largest absolute Gasteiger partial charge is 0.324 e. The summed E-state index contributed by atoms with van der Waals surface area (Å²) in [5.74, 6) is -0.118. The van der Waals surface area contributed by atoms with E-state index in [-0.39, 0.29) is 11.9 Å². The molecule has 2 N–H and O–H groups in total. The lowest BCUT2D eigenvalue weighted by molar-refractivity contribution is -0.907. The fourth-order valence-corrected chi connectivity index (χ4v) is 2.49. The van der Waals surface area contributed by atoms with E-state index >= 15 is 0 Å². The second-order valence-electron chi connectivity index (χ2n) is 5.52. The zero-order chi connectivity index (χ0) is 16.8. The molecule has 0 saturated carbocycles. The first-order valence-corrected chi connectivity index (χ1v) is 7.76. The molecule has 0 bridgehead atoms. The Labute approximate surface area is 141 Å². The molecule has 2 rings (SSSR count). The molecule has 2 atom stereocenters. The van der Waals surface area contributed by atoms with Crippen LogP contribution in [0.15, 0.2) is 48.5 Å². The Hall–Kier alpha value is -2.35. The van der Waals surface area contributed by atoms with E-state index in [0.717, 1.165) is 10.5 Å². The topological polar surface area (TPSA) is 57.3 Å². The number of carbonyl (C=O) groups excluding carboxylic acids is 1. The molecule has 0 heterocycles. The predicted molar refractivity (Wildman–Crippen MR) is 91.3 cm³/mol. The minimum atomic E-state index is -0.263. The second kappa shape index (κ2) is 7.77. The third kappa shape index (κ3) is 4.56. The summed E-state index contributed by atoms with van der Waals surface area (Å²) in [4.78, 5) is 13.5. The van der Waals surface area contributed by atoms with E-state index in [9.17, 15) is 4.79 Å². The maximum Gasteiger partial charge on any atom is 0.282 e. The number of quaternary nitrogens is 1. The Kier molecular flexibility index (Phi) is 5.75. The van der Waals surface area contributed by atoms with Crippen LogP contribution in [0, 0.1) is 11.3 Å². The normalized spacial score (nSPS) is 13.0. The van der Waals surface area contributed by atoms with Gasteiger partial charge in [-0.2, -0.15) is 5.26 Å². The van der Waals surface area contributed by atoms with Gasteiger partial charge >= 0.3 is 0 Å². The fraction of sp³-hybridized carbons (Fsp3) is 0.222. The Morgan fingerprint density at radius 1 is 1.30 bits per heavy atom. The second-order valence-corrected chi connectivity index (χ2v) is 5.96. The number of para-hydroxylation sites is 1. The monoisotopic (exact) mass is 328 g/mol. The van der Waals surface area contributed by atoms with E-state index in [2.05, 4.69) is 11.4 Å². The number of nitrogens with zero attached hydrogens (tertiary/aromatic N) is 1. The van der Waals surface area contributed by atoms with E-state index < -0.39 is 0 Å². The standard InChI is InChI=1S/C18H18ClN3O/c1-13(22(2)12-14-6-5-8-16(19)10-14)18(23)21-17-9-4-3-7-15(17)11-20/h3-10,13H,12H2,1-2H3,(H,21,23)/p+1/t13-/m1/s1. The summed E-state index contributed by atoms with van der Waals surface area (Å²) < 4.78 is 0. The van der Waals surface area contributed by atoms with Gasteiger partial charge in [-0.15, -0.1) is 0 Å². The molecule has 0 aliphatic heterocycles. The minimum Gasteiger partial charge on any atom is -0.324 e. The molecule has 0 fully saturated rings. The van der Waals surface area contributed by atoms with Crippen LogP contribution in [0.2, 0.25) is 5.02 Å². The molecule has 0 radical (unpaired) electrons. The van der Waals surface area contributed by atoms with Gasteiger partial charge in [0.2, 0.25) is 0 Å². The average Bonchev–Trinajstić information content (AvgIpc) is 2.54. The number of likely N-dealkylation sites (N-methyl/N-ethyl adjacent to an activating group) is 1. The van der Waals surface area contributed by atoms with Gasteiger partial charge < -0.3 is 10.2 Å². The summed E-state index contributed by atoms with van der Waals surface area (Å²) in [5, 5.41) is 12.6. The highest BCUT2D eigenvalue weighted by atomic mass is 35.5. The van der Waals surface area contributed by atoms with E-state index in [1.165, 1.54) is 0 Å².